The van der Waals surface area contributed by atoms with Gasteiger partial charge in [-0.05, 0) is 37.5 Å². The summed E-state index contributed by atoms with van der Waals surface area (Å²) in [5, 5.41) is 0. The largest absolute Gasteiger partial charge is 0.500 e. The van der Waals surface area contributed by atoms with Crippen LogP contribution in [-0.2, 0) is 20.8 Å². The number of fused-ring (bicyclic) bond motifs is 5. The fourth-order valence-corrected chi connectivity index (χ4v) is 4.33. The predicted molar refractivity (Wildman–Crippen MR) is 93.2 cm³/mol. The SMILES string of the molecule is CC.COC1=C(C)C(=O)N(Cc2ccc(F)cc2)C2C3CCC(O3)C12. The van der Waals surface area contributed by atoms with Crippen molar-refractivity contribution in [3.8, 4) is 0 Å². The average molecular weight is 347 g/mol. The lowest BCUT2D eigenvalue weighted by Crippen LogP contribution is -2.54. The van der Waals surface area contributed by atoms with E-state index >= 15 is 0 Å². The Hall–Kier alpha value is -1.88. The van der Waals surface area contributed by atoms with Crippen LogP contribution in [0.5, 0.6) is 0 Å². The van der Waals surface area contributed by atoms with Gasteiger partial charge < -0.3 is 14.4 Å². The molecule has 0 spiro atoms. The van der Waals surface area contributed by atoms with E-state index in [1.807, 2.05) is 25.7 Å². The van der Waals surface area contributed by atoms with E-state index in [9.17, 15) is 9.18 Å². The molecule has 3 aliphatic heterocycles. The molecular weight excluding hydrogens is 321 g/mol. The second kappa shape index (κ2) is 7.16. The van der Waals surface area contributed by atoms with Crippen molar-refractivity contribution >= 4 is 5.91 Å². The fourth-order valence-electron chi connectivity index (χ4n) is 4.33. The van der Waals surface area contributed by atoms with Crippen molar-refractivity contribution in [1.29, 1.82) is 0 Å². The Labute approximate surface area is 148 Å². The van der Waals surface area contributed by atoms with Gasteiger partial charge >= 0.3 is 0 Å². The topological polar surface area (TPSA) is 38.8 Å². The van der Waals surface area contributed by atoms with E-state index < -0.39 is 0 Å². The minimum atomic E-state index is -0.266. The molecule has 2 bridgehead atoms. The molecule has 5 heteroatoms. The monoisotopic (exact) mass is 347 g/mol. The maximum absolute atomic E-state index is 13.1. The molecule has 2 fully saturated rings. The lowest BCUT2D eigenvalue weighted by Gasteiger charge is -2.42. The summed E-state index contributed by atoms with van der Waals surface area (Å²) in [4.78, 5) is 14.7. The van der Waals surface area contributed by atoms with Gasteiger partial charge in [0.1, 0.15) is 11.6 Å². The van der Waals surface area contributed by atoms with Gasteiger partial charge in [-0.2, -0.15) is 0 Å². The fraction of sp³-hybridized carbons (Fsp3) is 0.550. The molecule has 0 radical (unpaired) electrons. The molecule has 3 heterocycles. The van der Waals surface area contributed by atoms with E-state index in [4.69, 9.17) is 9.47 Å². The predicted octanol–water partition coefficient (Wildman–Crippen LogP) is 3.66. The van der Waals surface area contributed by atoms with Crippen molar-refractivity contribution in [1.82, 2.24) is 4.90 Å². The van der Waals surface area contributed by atoms with E-state index in [2.05, 4.69) is 0 Å². The molecule has 4 rings (SSSR count). The first-order valence-electron chi connectivity index (χ1n) is 9.06. The molecule has 4 unspecified atom stereocenters. The molecule has 4 nitrogen and oxygen atoms in total. The van der Waals surface area contributed by atoms with E-state index in [0.717, 1.165) is 24.2 Å². The third-order valence-electron chi connectivity index (χ3n) is 5.33. The molecule has 0 saturated carbocycles. The van der Waals surface area contributed by atoms with E-state index in [1.165, 1.54) is 12.1 Å². The number of hydrogen-bond acceptors (Lipinski definition) is 3. The summed E-state index contributed by atoms with van der Waals surface area (Å²) in [5.74, 6) is 0.626. The van der Waals surface area contributed by atoms with Gasteiger partial charge in [0.25, 0.3) is 5.91 Å². The molecule has 2 saturated heterocycles. The molecule has 1 aromatic rings. The normalized spacial score (nSPS) is 30.1. The highest BCUT2D eigenvalue weighted by atomic mass is 19.1. The molecule has 1 aromatic carbocycles. The Bertz CT molecular complexity index is 670. The van der Waals surface area contributed by atoms with Gasteiger partial charge in [0.05, 0.1) is 36.9 Å². The minimum absolute atomic E-state index is 0.0106. The van der Waals surface area contributed by atoms with Crippen LogP contribution in [0.25, 0.3) is 0 Å². The zero-order chi connectivity index (χ0) is 18.1. The van der Waals surface area contributed by atoms with Gasteiger partial charge in [-0.25, -0.2) is 4.39 Å². The lowest BCUT2D eigenvalue weighted by molar-refractivity contribution is -0.134. The van der Waals surface area contributed by atoms with E-state index in [-0.39, 0.29) is 35.9 Å². The summed E-state index contributed by atoms with van der Waals surface area (Å²) in [7, 11) is 1.63. The number of halogens is 1. The van der Waals surface area contributed by atoms with E-state index in [1.54, 1.807) is 19.2 Å². The van der Waals surface area contributed by atoms with Crippen molar-refractivity contribution in [2.45, 2.75) is 58.4 Å². The van der Waals surface area contributed by atoms with Crippen LogP contribution >= 0.6 is 0 Å². The van der Waals surface area contributed by atoms with Crippen molar-refractivity contribution in [2.24, 2.45) is 5.92 Å². The van der Waals surface area contributed by atoms with Crippen LogP contribution in [0.2, 0.25) is 0 Å². The van der Waals surface area contributed by atoms with Crippen molar-refractivity contribution < 1.29 is 18.7 Å². The number of amides is 1. The highest BCUT2D eigenvalue weighted by molar-refractivity contribution is 5.95. The summed E-state index contributed by atoms with van der Waals surface area (Å²) in [6.07, 6.45) is 2.21. The number of nitrogens with zero attached hydrogens (tertiary/aromatic N) is 1. The Morgan fingerprint density at radius 1 is 1.20 bits per heavy atom. The smallest absolute Gasteiger partial charge is 0.253 e. The number of methoxy groups -OCH3 is 1. The third-order valence-corrected chi connectivity index (χ3v) is 5.33. The number of benzene rings is 1. The lowest BCUT2D eigenvalue weighted by atomic mass is 9.78. The summed E-state index contributed by atoms with van der Waals surface area (Å²) in [5.41, 5.74) is 1.59. The highest BCUT2D eigenvalue weighted by Crippen LogP contribution is 2.48. The minimum Gasteiger partial charge on any atom is -0.500 e. The summed E-state index contributed by atoms with van der Waals surface area (Å²) in [6.45, 7) is 6.29. The number of ether oxygens (including phenoxy) is 2. The summed E-state index contributed by atoms with van der Waals surface area (Å²) < 4.78 is 24.7. The molecule has 0 aromatic heterocycles. The molecule has 0 aliphatic carbocycles. The second-order valence-corrected chi connectivity index (χ2v) is 6.56. The van der Waals surface area contributed by atoms with Crippen LogP contribution in [-0.4, -0.2) is 36.2 Å². The standard InChI is InChI=1S/C18H20FNO3.C2H6/c1-10-17(22-2)15-13-7-8-14(23-13)16(15)20(18(10)21)9-11-3-5-12(19)6-4-11;1-2/h3-6,13-16H,7-9H2,1-2H3;1-2H3. The summed E-state index contributed by atoms with van der Waals surface area (Å²) >= 11 is 0. The van der Waals surface area contributed by atoms with Gasteiger partial charge in [0.15, 0.2) is 0 Å². The van der Waals surface area contributed by atoms with Crippen LogP contribution in [0.1, 0.15) is 39.2 Å². The first-order chi connectivity index (χ1) is 12.1. The molecular formula is C20H26FNO3. The van der Waals surface area contributed by atoms with Crippen molar-refractivity contribution in [3.05, 3.63) is 47.0 Å². The Kier molecular flexibility index (Phi) is 5.13. The first-order valence-corrected chi connectivity index (χ1v) is 9.06. The van der Waals surface area contributed by atoms with Crippen LogP contribution in [0, 0.1) is 11.7 Å². The number of carbonyl (C=O) groups excluding carboxylic acids is 1. The number of carbonyl (C=O) groups is 1. The number of hydrogen-bond donors (Lipinski definition) is 0. The van der Waals surface area contributed by atoms with Crippen LogP contribution < -0.4 is 0 Å². The van der Waals surface area contributed by atoms with Gasteiger partial charge in [-0.1, -0.05) is 26.0 Å². The molecule has 0 N–H and O–H groups in total. The average Bonchev–Trinajstić information content (AvgIpc) is 3.24. The van der Waals surface area contributed by atoms with Crippen LogP contribution in [0.4, 0.5) is 4.39 Å². The second-order valence-electron chi connectivity index (χ2n) is 6.56. The maximum atomic E-state index is 13.1. The molecule has 4 atom stereocenters. The Morgan fingerprint density at radius 2 is 1.84 bits per heavy atom. The zero-order valence-electron chi connectivity index (χ0n) is 15.3. The van der Waals surface area contributed by atoms with E-state index in [0.29, 0.717) is 12.1 Å². The quantitative estimate of drug-likeness (QED) is 0.838. The first kappa shape index (κ1) is 17.9. The molecule has 25 heavy (non-hydrogen) atoms. The van der Waals surface area contributed by atoms with Gasteiger partial charge in [-0.3, -0.25) is 4.79 Å². The highest BCUT2D eigenvalue weighted by Gasteiger charge is 2.57. The van der Waals surface area contributed by atoms with Crippen molar-refractivity contribution in [3.63, 3.8) is 0 Å². The molecule has 136 valence electrons. The van der Waals surface area contributed by atoms with Crippen LogP contribution in [0.15, 0.2) is 35.6 Å². The van der Waals surface area contributed by atoms with Gasteiger partial charge in [0.2, 0.25) is 0 Å². The Balaban J connectivity index is 0.000000880. The number of rotatable bonds is 3. The third kappa shape index (κ3) is 2.95. The molecule has 3 aliphatic rings. The zero-order valence-corrected chi connectivity index (χ0v) is 15.3. The maximum Gasteiger partial charge on any atom is 0.253 e. The van der Waals surface area contributed by atoms with Crippen molar-refractivity contribution in [2.75, 3.05) is 7.11 Å². The van der Waals surface area contributed by atoms with Crippen LogP contribution in [0.3, 0.4) is 0 Å². The Morgan fingerprint density at radius 3 is 2.48 bits per heavy atom. The van der Waals surface area contributed by atoms with Gasteiger partial charge in [-0.15, -0.1) is 0 Å². The van der Waals surface area contributed by atoms with Gasteiger partial charge in [0, 0.05) is 6.54 Å². The molecule has 1 amide bonds. The summed E-state index contributed by atoms with van der Waals surface area (Å²) in [6, 6.07) is 6.35.